The fourth-order valence-corrected chi connectivity index (χ4v) is 3.58. The summed E-state index contributed by atoms with van der Waals surface area (Å²) in [5.41, 5.74) is 1.44. The van der Waals surface area contributed by atoms with Crippen LogP contribution in [-0.4, -0.2) is 22.0 Å². The third-order valence-electron chi connectivity index (χ3n) is 3.12. The van der Waals surface area contributed by atoms with Crippen molar-refractivity contribution in [2.24, 2.45) is 0 Å². The van der Waals surface area contributed by atoms with E-state index >= 15 is 0 Å². The molecule has 0 bridgehead atoms. The molecule has 116 valence electrons. The van der Waals surface area contributed by atoms with E-state index < -0.39 is 5.97 Å². The minimum atomic E-state index is -1.04. The monoisotopic (exact) mass is 344 g/mol. The number of hydrogen-bond donors (Lipinski definition) is 2. The second-order valence-corrected chi connectivity index (χ2v) is 6.51. The van der Waals surface area contributed by atoms with Crippen LogP contribution in [0, 0.1) is 0 Å². The lowest BCUT2D eigenvalue weighted by Crippen LogP contribution is -2.16. The van der Waals surface area contributed by atoms with Crippen LogP contribution in [0.3, 0.4) is 0 Å². The summed E-state index contributed by atoms with van der Waals surface area (Å²) in [4.78, 5) is 28.7. The predicted molar refractivity (Wildman–Crippen MR) is 91.2 cm³/mol. The van der Waals surface area contributed by atoms with Gasteiger partial charge in [0.15, 0.2) is 5.13 Å². The number of carbonyl (C=O) groups is 2. The Morgan fingerprint density at radius 1 is 1.13 bits per heavy atom. The second-order valence-electron chi connectivity index (χ2n) is 4.70. The first-order valence-corrected chi connectivity index (χ1v) is 8.50. The van der Waals surface area contributed by atoms with E-state index in [1.54, 1.807) is 29.5 Å². The highest BCUT2D eigenvalue weighted by molar-refractivity contribution is 7.16. The molecule has 2 heterocycles. The van der Waals surface area contributed by atoms with Gasteiger partial charge in [0.2, 0.25) is 5.91 Å². The second kappa shape index (κ2) is 6.72. The van der Waals surface area contributed by atoms with Crippen LogP contribution in [-0.2, 0) is 11.2 Å². The Morgan fingerprint density at radius 2 is 1.96 bits per heavy atom. The number of carbonyl (C=O) groups excluding carboxylic acids is 1. The van der Waals surface area contributed by atoms with Crippen molar-refractivity contribution in [1.82, 2.24) is 4.98 Å². The molecule has 0 spiro atoms. The summed E-state index contributed by atoms with van der Waals surface area (Å²) in [5.74, 6) is -1.33. The first-order valence-electron chi connectivity index (χ1n) is 6.74. The van der Waals surface area contributed by atoms with Gasteiger partial charge in [-0.2, -0.15) is 0 Å². The lowest BCUT2D eigenvalue weighted by molar-refractivity contribution is -0.115. The summed E-state index contributed by atoms with van der Waals surface area (Å²) in [7, 11) is 0. The number of rotatable bonds is 5. The van der Waals surface area contributed by atoms with Gasteiger partial charge in [-0.1, -0.05) is 24.3 Å². The Bertz CT molecular complexity index is 841. The molecule has 0 saturated heterocycles. The van der Waals surface area contributed by atoms with Crippen molar-refractivity contribution in [2.75, 3.05) is 5.32 Å². The third-order valence-corrected chi connectivity index (χ3v) is 4.77. The number of benzene rings is 1. The van der Waals surface area contributed by atoms with E-state index in [1.807, 2.05) is 22.9 Å². The molecule has 0 saturated carbocycles. The summed E-state index contributed by atoms with van der Waals surface area (Å²) in [6.45, 7) is 0. The van der Waals surface area contributed by atoms with E-state index in [0.717, 1.165) is 10.6 Å². The average molecular weight is 344 g/mol. The van der Waals surface area contributed by atoms with Crippen LogP contribution in [0.5, 0.6) is 0 Å². The van der Waals surface area contributed by atoms with Crippen molar-refractivity contribution in [3.8, 4) is 10.6 Å². The SMILES string of the molecule is O=C(Cc1ccccc1C(=O)O)Nc1nc(-c2cccs2)cs1. The van der Waals surface area contributed by atoms with Gasteiger partial charge in [0, 0.05) is 5.38 Å². The van der Waals surface area contributed by atoms with Crippen molar-refractivity contribution in [1.29, 1.82) is 0 Å². The molecule has 0 fully saturated rings. The molecule has 5 nitrogen and oxygen atoms in total. The number of carboxylic acids is 1. The zero-order chi connectivity index (χ0) is 16.2. The van der Waals surface area contributed by atoms with Crippen LogP contribution >= 0.6 is 22.7 Å². The van der Waals surface area contributed by atoms with E-state index in [-0.39, 0.29) is 17.9 Å². The topological polar surface area (TPSA) is 79.3 Å². The summed E-state index contributed by atoms with van der Waals surface area (Å²) >= 11 is 2.93. The lowest BCUT2D eigenvalue weighted by atomic mass is 10.0. The van der Waals surface area contributed by atoms with Crippen molar-refractivity contribution in [2.45, 2.75) is 6.42 Å². The number of thiazole rings is 1. The highest BCUT2D eigenvalue weighted by Crippen LogP contribution is 2.28. The fraction of sp³-hybridized carbons (Fsp3) is 0.0625. The number of hydrogen-bond acceptors (Lipinski definition) is 5. The Morgan fingerprint density at radius 3 is 2.70 bits per heavy atom. The maximum Gasteiger partial charge on any atom is 0.335 e. The van der Waals surface area contributed by atoms with Crippen molar-refractivity contribution in [3.63, 3.8) is 0 Å². The summed E-state index contributed by atoms with van der Waals surface area (Å²) in [5, 5.41) is 16.2. The molecule has 7 heteroatoms. The lowest BCUT2D eigenvalue weighted by Gasteiger charge is -2.05. The highest BCUT2D eigenvalue weighted by Gasteiger charge is 2.14. The van der Waals surface area contributed by atoms with E-state index in [1.165, 1.54) is 17.4 Å². The Hall–Kier alpha value is -2.51. The van der Waals surface area contributed by atoms with Crippen molar-refractivity contribution >= 4 is 39.7 Å². The molecule has 2 aromatic heterocycles. The number of carboxylic acid groups (broad SMARTS) is 1. The number of thiophene rings is 1. The molecular formula is C16H12N2O3S2. The summed E-state index contributed by atoms with van der Waals surface area (Å²) in [6.07, 6.45) is -0.00358. The minimum Gasteiger partial charge on any atom is -0.478 e. The van der Waals surface area contributed by atoms with E-state index in [0.29, 0.717) is 10.7 Å². The first-order chi connectivity index (χ1) is 11.1. The number of aromatic nitrogens is 1. The van der Waals surface area contributed by atoms with Crippen LogP contribution in [0.15, 0.2) is 47.2 Å². The molecule has 0 aliphatic carbocycles. The molecule has 0 aliphatic rings. The number of nitrogens with zero attached hydrogens (tertiary/aromatic N) is 1. The van der Waals surface area contributed by atoms with Crippen LogP contribution in [0.2, 0.25) is 0 Å². The van der Waals surface area contributed by atoms with Gasteiger partial charge in [-0.25, -0.2) is 9.78 Å². The Labute approximate surface area is 140 Å². The Balaban J connectivity index is 1.70. The number of aromatic carboxylic acids is 1. The molecule has 2 N–H and O–H groups in total. The maximum absolute atomic E-state index is 12.1. The van der Waals surface area contributed by atoms with E-state index in [9.17, 15) is 9.59 Å². The van der Waals surface area contributed by atoms with Gasteiger partial charge in [0.05, 0.1) is 22.6 Å². The molecule has 3 rings (SSSR count). The predicted octanol–water partition coefficient (Wildman–Crippen LogP) is 3.75. The van der Waals surface area contributed by atoms with E-state index in [4.69, 9.17) is 5.11 Å². The van der Waals surface area contributed by atoms with Crippen LogP contribution < -0.4 is 5.32 Å². The summed E-state index contributed by atoms with van der Waals surface area (Å²) < 4.78 is 0. The minimum absolute atomic E-state index is 0.00358. The van der Waals surface area contributed by atoms with Gasteiger partial charge in [-0.15, -0.1) is 22.7 Å². The normalized spacial score (nSPS) is 10.4. The van der Waals surface area contributed by atoms with Crippen LogP contribution in [0.1, 0.15) is 15.9 Å². The van der Waals surface area contributed by atoms with Gasteiger partial charge in [0.25, 0.3) is 0 Å². The van der Waals surface area contributed by atoms with E-state index in [2.05, 4.69) is 10.3 Å². The smallest absolute Gasteiger partial charge is 0.335 e. The molecule has 0 aliphatic heterocycles. The van der Waals surface area contributed by atoms with Crippen LogP contribution in [0.25, 0.3) is 10.6 Å². The molecule has 0 radical (unpaired) electrons. The number of amides is 1. The van der Waals surface area contributed by atoms with Gasteiger partial charge in [-0.05, 0) is 23.1 Å². The Kier molecular flexibility index (Phi) is 4.50. The molecule has 3 aromatic rings. The van der Waals surface area contributed by atoms with Gasteiger partial charge in [0.1, 0.15) is 0 Å². The molecule has 0 atom stereocenters. The van der Waals surface area contributed by atoms with Crippen molar-refractivity contribution in [3.05, 3.63) is 58.3 Å². The molecular weight excluding hydrogens is 332 g/mol. The maximum atomic E-state index is 12.1. The highest BCUT2D eigenvalue weighted by atomic mass is 32.1. The molecule has 1 aromatic carbocycles. The first kappa shape index (κ1) is 15.4. The van der Waals surface area contributed by atoms with Gasteiger partial charge < -0.3 is 10.4 Å². The quantitative estimate of drug-likeness (QED) is 0.739. The standard InChI is InChI=1S/C16H12N2O3S2/c19-14(8-10-4-1-2-5-11(10)15(20)21)18-16-17-12(9-23-16)13-6-3-7-22-13/h1-7,9H,8H2,(H,20,21)(H,17,18,19). The van der Waals surface area contributed by atoms with Gasteiger partial charge in [-0.3, -0.25) is 4.79 Å². The molecule has 23 heavy (non-hydrogen) atoms. The largest absolute Gasteiger partial charge is 0.478 e. The zero-order valence-electron chi connectivity index (χ0n) is 11.9. The fourth-order valence-electron chi connectivity index (χ4n) is 2.09. The molecule has 0 unspecified atom stereocenters. The van der Waals surface area contributed by atoms with Gasteiger partial charge >= 0.3 is 5.97 Å². The molecule has 1 amide bonds. The van der Waals surface area contributed by atoms with Crippen LogP contribution in [0.4, 0.5) is 5.13 Å². The summed E-state index contributed by atoms with van der Waals surface area (Å²) in [6, 6.07) is 10.4. The average Bonchev–Trinajstić information content (AvgIpc) is 3.18. The zero-order valence-corrected chi connectivity index (χ0v) is 13.5. The number of anilines is 1. The third kappa shape index (κ3) is 3.64. The van der Waals surface area contributed by atoms with Crippen molar-refractivity contribution < 1.29 is 14.7 Å². The number of nitrogens with one attached hydrogen (secondary N) is 1.